The van der Waals surface area contributed by atoms with E-state index >= 15 is 0 Å². The fourth-order valence-corrected chi connectivity index (χ4v) is 1.03. The van der Waals surface area contributed by atoms with Gasteiger partial charge in [-0.15, -0.1) is 0 Å². The second-order valence-electron chi connectivity index (χ2n) is 2.79. The Kier molecular flexibility index (Phi) is 3.42. The zero-order chi connectivity index (χ0) is 10.6. The van der Waals surface area contributed by atoms with Gasteiger partial charge >= 0.3 is 0 Å². The number of nitrogens with one attached hydrogen (secondary N) is 1. The number of aliphatic hydroxyl groups is 2. The van der Waals surface area contributed by atoms with Gasteiger partial charge in [0.2, 0.25) is 0 Å². The molecule has 0 spiro atoms. The van der Waals surface area contributed by atoms with E-state index in [1.165, 1.54) is 0 Å². The Balaban J connectivity index is 2.82. The molecule has 1 rings (SSSR count). The van der Waals surface area contributed by atoms with Crippen LogP contribution in [0.3, 0.4) is 0 Å². The number of anilines is 1. The Bertz CT molecular complexity index is 331. The SMILES string of the molecule is N#CC(O)C(O)c1ccc(NN)cc1. The molecule has 5 heteroatoms. The Hall–Kier alpha value is -1.61. The van der Waals surface area contributed by atoms with E-state index in [2.05, 4.69) is 5.43 Å². The first kappa shape index (κ1) is 10.5. The minimum absolute atomic E-state index is 0.470. The van der Waals surface area contributed by atoms with Crippen molar-refractivity contribution in [3.63, 3.8) is 0 Å². The van der Waals surface area contributed by atoms with Crippen LogP contribution in [-0.4, -0.2) is 16.3 Å². The predicted octanol–water partition coefficient (Wildman–Crippen LogP) is -0.110. The van der Waals surface area contributed by atoms with Crippen molar-refractivity contribution >= 4 is 5.69 Å². The quantitative estimate of drug-likeness (QED) is 0.305. The van der Waals surface area contributed by atoms with Gasteiger partial charge in [-0.25, -0.2) is 0 Å². The maximum atomic E-state index is 9.43. The molecule has 1 aromatic rings. The third kappa shape index (κ3) is 2.20. The number of benzene rings is 1. The van der Waals surface area contributed by atoms with E-state index in [9.17, 15) is 5.11 Å². The summed E-state index contributed by atoms with van der Waals surface area (Å²) >= 11 is 0. The number of nitrogens with zero attached hydrogens (tertiary/aromatic N) is 1. The third-order valence-corrected chi connectivity index (χ3v) is 1.85. The summed E-state index contributed by atoms with van der Waals surface area (Å²) in [5, 5.41) is 26.9. The summed E-state index contributed by atoms with van der Waals surface area (Å²) in [5.74, 6) is 5.15. The third-order valence-electron chi connectivity index (χ3n) is 1.85. The van der Waals surface area contributed by atoms with Crippen molar-refractivity contribution in [3.8, 4) is 6.07 Å². The average Bonchev–Trinajstić information content (AvgIpc) is 2.27. The van der Waals surface area contributed by atoms with Crippen LogP contribution in [0.25, 0.3) is 0 Å². The zero-order valence-electron chi connectivity index (χ0n) is 7.38. The molecule has 1 aromatic carbocycles. The van der Waals surface area contributed by atoms with E-state index in [0.29, 0.717) is 11.3 Å². The number of nitrogens with two attached hydrogens (primary N) is 1. The molecule has 0 aliphatic heterocycles. The molecule has 2 atom stereocenters. The first-order valence-corrected chi connectivity index (χ1v) is 4.01. The fraction of sp³-hybridized carbons (Fsp3) is 0.222. The lowest BCUT2D eigenvalue weighted by Crippen LogP contribution is -2.15. The van der Waals surface area contributed by atoms with Gasteiger partial charge in [0.25, 0.3) is 0 Å². The van der Waals surface area contributed by atoms with Crippen molar-refractivity contribution in [3.05, 3.63) is 29.8 Å². The number of hydrazine groups is 1. The Morgan fingerprint density at radius 3 is 2.29 bits per heavy atom. The van der Waals surface area contributed by atoms with Gasteiger partial charge in [-0.05, 0) is 17.7 Å². The van der Waals surface area contributed by atoms with Crippen LogP contribution >= 0.6 is 0 Å². The highest BCUT2D eigenvalue weighted by Gasteiger charge is 2.16. The lowest BCUT2D eigenvalue weighted by atomic mass is 10.1. The molecular formula is C9H11N3O2. The monoisotopic (exact) mass is 193 g/mol. The van der Waals surface area contributed by atoms with Gasteiger partial charge in [-0.3, -0.25) is 5.84 Å². The molecule has 2 unspecified atom stereocenters. The smallest absolute Gasteiger partial charge is 0.170 e. The highest BCUT2D eigenvalue weighted by atomic mass is 16.3. The molecule has 74 valence electrons. The minimum Gasteiger partial charge on any atom is -0.385 e. The summed E-state index contributed by atoms with van der Waals surface area (Å²) in [6, 6.07) is 8.01. The van der Waals surface area contributed by atoms with Crippen molar-refractivity contribution in [2.24, 2.45) is 5.84 Å². The van der Waals surface area contributed by atoms with Gasteiger partial charge in [0.1, 0.15) is 6.10 Å². The van der Waals surface area contributed by atoms with Crippen LogP contribution in [0.15, 0.2) is 24.3 Å². The zero-order valence-corrected chi connectivity index (χ0v) is 7.38. The maximum absolute atomic E-state index is 9.43. The lowest BCUT2D eigenvalue weighted by Gasteiger charge is -2.12. The normalized spacial score (nSPS) is 14.1. The van der Waals surface area contributed by atoms with Crippen molar-refractivity contribution in [1.82, 2.24) is 0 Å². The Morgan fingerprint density at radius 2 is 1.86 bits per heavy atom. The summed E-state index contributed by atoms with van der Waals surface area (Å²) in [7, 11) is 0. The highest BCUT2D eigenvalue weighted by molar-refractivity contribution is 5.43. The standard InChI is InChI=1S/C9H11N3O2/c10-5-8(13)9(14)6-1-3-7(12-11)4-2-6/h1-4,8-9,12-14H,11H2. The van der Waals surface area contributed by atoms with Crippen LogP contribution in [-0.2, 0) is 0 Å². The second kappa shape index (κ2) is 4.58. The number of nitrogen functional groups attached to an aromatic ring is 1. The molecule has 0 radical (unpaired) electrons. The van der Waals surface area contributed by atoms with Crippen LogP contribution in [0.5, 0.6) is 0 Å². The molecule has 0 bridgehead atoms. The number of nitriles is 1. The first-order valence-electron chi connectivity index (χ1n) is 4.01. The summed E-state index contributed by atoms with van der Waals surface area (Å²) in [6.07, 6.45) is -2.60. The first-order chi connectivity index (χ1) is 6.69. The molecule has 0 saturated heterocycles. The van der Waals surface area contributed by atoms with E-state index in [-0.39, 0.29) is 0 Å². The second-order valence-corrected chi connectivity index (χ2v) is 2.79. The van der Waals surface area contributed by atoms with Crippen molar-refractivity contribution < 1.29 is 10.2 Å². The van der Waals surface area contributed by atoms with E-state index in [0.717, 1.165) is 0 Å². The van der Waals surface area contributed by atoms with Crippen LogP contribution < -0.4 is 11.3 Å². The molecular weight excluding hydrogens is 182 g/mol. The van der Waals surface area contributed by atoms with Gasteiger partial charge < -0.3 is 15.6 Å². The molecule has 0 aliphatic carbocycles. The van der Waals surface area contributed by atoms with Crippen LogP contribution in [0.4, 0.5) is 5.69 Å². The number of rotatable bonds is 3. The van der Waals surface area contributed by atoms with E-state index in [1.54, 1.807) is 30.3 Å². The van der Waals surface area contributed by atoms with Crippen LogP contribution in [0.2, 0.25) is 0 Å². The minimum atomic E-state index is -1.41. The van der Waals surface area contributed by atoms with Crippen molar-refractivity contribution in [2.75, 3.05) is 5.43 Å². The molecule has 14 heavy (non-hydrogen) atoms. The Labute approximate surface area is 81.4 Å². The van der Waals surface area contributed by atoms with Crippen LogP contribution in [0, 0.1) is 11.3 Å². The summed E-state index contributed by atoms with van der Waals surface area (Å²) in [5.41, 5.74) is 3.58. The summed E-state index contributed by atoms with van der Waals surface area (Å²) < 4.78 is 0. The summed E-state index contributed by atoms with van der Waals surface area (Å²) in [4.78, 5) is 0. The van der Waals surface area contributed by atoms with Gasteiger partial charge in [0.15, 0.2) is 6.10 Å². The lowest BCUT2D eigenvalue weighted by molar-refractivity contribution is 0.0528. The average molecular weight is 193 g/mol. The molecule has 5 nitrogen and oxygen atoms in total. The van der Waals surface area contributed by atoms with Crippen LogP contribution in [0.1, 0.15) is 11.7 Å². The van der Waals surface area contributed by atoms with Crippen molar-refractivity contribution in [1.29, 1.82) is 5.26 Å². The topological polar surface area (TPSA) is 102 Å². The number of hydrogen-bond donors (Lipinski definition) is 4. The molecule has 0 fully saturated rings. The summed E-state index contributed by atoms with van der Waals surface area (Å²) in [6.45, 7) is 0. The van der Waals surface area contributed by atoms with Crippen molar-refractivity contribution in [2.45, 2.75) is 12.2 Å². The van der Waals surface area contributed by atoms with E-state index in [4.69, 9.17) is 16.2 Å². The highest BCUT2D eigenvalue weighted by Crippen LogP contribution is 2.18. The molecule has 0 heterocycles. The van der Waals surface area contributed by atoms with E-state index < -0.39 is 12.2 Å². The Morgan fingerprint density at radius 1 is 1.29 bits per heavy atom. The number of hydrogen-bond acceptors (Lipinski definition) is 5. The fourth-order valence-electron chi connectivity index (χ4n) is 1.03. The van der Waals surface area contributed by atoms with Gasteiger partial charge in [0.05, 0.1) is 6.07 Å². The molecule has 0 amide bonds. The molecule has 5 N–H and O–H groups in total. The number of aliphatic hydroxyl groups excluding tert-OH is 2. The maximum Gasteiger partial charge on any atom is 0.170 e. The van der Waals surface area contributed by atoms with Gasteiger partial charge in [-0.2, -0.15) is 5.26 Å². The predicted molar refractivity (Wildman–Crippen MR) is 50.8 cm³/mol. The van der Waals surface area contributed by atoms with Gasteiger partial charge in [-0.1, -0.05) is 12.1 Å². The van der Waals surface area contributed by atoms with Gasteiger partial charge in [0, 0.05) is 5.69 Å². The molecule has 0 aliphatic rings. The largest absolute Gasteiger partial charge is 0.385 e. The molecule has 0 saturated carbocycles. The van der Waals surface area contributed by atoms with E-state index in [1.807, 2.05) is 0 Å². The molecule has 0 aromatic heterocycles.